The molecule has 2 nitrogen and oxygen atoms in total. The van der Waals surface area contributed by atoms with Gasteiger partial charge in [-0.05, 0) is 33.5 Å². The molecule has 7 heteroatoms. The molecule has 0 saturated heterocycles. The van der Waals surface area contributed by atoms with Gasteiger partial charge in [-0.25, -0.2) is 4.39 Å². The molecular weight excluding hydrogens is 344 g/mol. The maximum atomic E-state index is 13.4. The molecule has 0 spiro atoms. The monoisotopic (exact) mass is 356 g/mol. The molecule has 0 heterocycles. The van der Waals surface area contributed by atoms with Crippen LogP contribution in [0.25, 0.3) is 0 Å². The number of rotatable bonds is 4. The number of carbonyl (C=O) groups excluding carboxylic acids is 1. The summed E-state index contributed by atoms with van der Waals surface area (Å²) in [4.78, 5) is 11.3. The van der Waals surface area contributed by atoms with E-state index >= 15 is 0 Å². The average molecular weight is 357 g/mol. The fourth-order valence-electron chi connectivity index (χ4n) is 1.83. The van der Waals surface area contributed by atoms with Gasteiger partial charge in [0.1, 0.15) is 11.6 Å². The van der Waals surface area contributed by atoms with Gasteiger partial charge in [-0.15, -0.1) is 0 Å². The van der Waals surface area contributed by atoms with Gasteiger partial charge in [-0.3, -0.25) is 4.79 Å². The van der Waals surface area contributed by atoms with E-state index in [9.17, 15) is 22.4 Å². The Morgan fingerprint density at radius 3 is 2.30 bits per heavy atom. The van der Waals surface area contributed by atoms with Crippen molar-refractivity contribution in [3.63, 3.8) is 0 Å². The highest BCUT2D eigenvalue weighted by Gasteiger charge is 2.43. The van der Waals surface area contributed by atoms with Gasteiger partial charge >= 0.3 is 6.18 Å². The van der Waals surface area contributed by atoms with Crippen LogP contribution in [0.1, 0.15) is 25.3 Å². The summed E-state index contributed by atoms with van der Waals surface area (Å²) in [5, 5.41) is 0. The van der Waals surface area contributed by atoms with E-state index in [1.165, 1.54) is 27.0 Å². The molecule has 0 fully saturated rings. The van der Waals surface area contributed by atoms with E-state index < -0.39 is 29.6 Å². The van der Waals surface area contributed by atoms with Crippen molar-refractivity contribution >= 4 is 21.7 Å². The lowest BCUT2D eigenvalue weighted by molar-refractivity contribution is -0.175. The van der Waals surface area contributed by atoms with E-state index in [-0.39, 0.29) is 10.2 Å². The first-order chi connectivity index (χ1) is 9.09. The Morgan fingerprint density at radius 2 is 1.85 bits per heavy atom. The van der Waals surface area contributed by atoms with Crippen LogP contribution in [-0.4, -0.2) is 19.1 Å². The van der Waals surface area contributed by atoms with Crippen LogP contribution >= 0.6 is 15.9 Å². The van der Waals surface area contributed by atoms with E-state index in [4.69, 9.17) is 4.74 Å². The van der Waals surface area contributed by atoms with Crippen LogP contribution in [0.3, 0.4) is 0 Å². The lowest BCUT2D eigenvalue weighted by atomic mass is 9.85. The molecule has 0 bridgehead atoms. The van der Waals surface area contributed by atoms with Crippen molar-refractivity contribution in [3.05, 3.63) is 28.0 Å². The van der Waals surface area contributed by atoms with Gasteiger partial charge in [0.05, 0.1) is 11.6 Å². The predicted octanol–water partition coefficient (Wildman–Crippen LogP) is 4.47. The number of ketones is 1. The molecule has 0 aliphatic heterocycles. The van der Waals surface area contributed by atoms with Crippen molar-refractivity contribution in [3.8, 4) is 5.75 Å². The maximum Gasteiger partial charge on any atom is 0.450 e. The second-order valence-electron chi connectivity index (χ2n) is 4.45. The van der Waals surface area contributed by atoms with Crippen molar-refractivity contribution in [1.29, 1.82) is 0 Å². The number of alkyl halides is 3. The fraction of sp³-hybridized carbons (Fsp3) is 0.462. The van der Waals surface area contributed by atoms with Crippen molar-refractivity contribution in [2.45, 2.75) is 25.9 Å². The molecule has 0 N–H and O–H groups in total. The third-order valence-corrected chi connectivity index (χ3v) is 3.81. The standard InChI is InChI=1S/C13H13BrF4O2/c1-6(7(2)12(19)13(16,17)18)8-4-9(14)10(15)5-11(8)20-3/h4-7H,1-3H3. The third-order valence-electron chi connectivity index (χ3n) is 3.21. The average Bonchev–Trinajstić information content (AvgIpc) is 2.37. The Morgan fingerprint density at radius 1 is 1.30 bits per heavy atom. The molecule has 1 rings (SSSR count). The smallest absolute Gasteiger partial charge is 0.450 e. The van der Waals surface area contributed by atoms with Crippen LogP contribution in [0.15, 0.2) is 16.6 Å². The molecule has 1 aromatic carbocycles. The molecule has 0 aromatic heterocycles. The first-order valence-corrected chi connectivity index (χ1v) is 6.52. The predicted molar refractivity (Wildman–Crippen MR) is 69.3 cm³/mol. The minimum absolute atomic E-state index is 0.104. The lowest BCUT2D eigenvalue weighted by Crippen LogP contribution is -2.31. The van der Waals surface area contributed by atoms with Crippen molar-refractivity contribution < 1.29 is 27.1 Å². The van der Waals surface area contributed by atoms with Crippen LogP contribution in [0.5, 0.6) is 5.75 Å². The zero-order valence-corrected chi connectivity index (χ0v) is 12.6. The van der Waals surface area contributed by atoms with Crippen LogP contribution < -0.4 is 4.74 Å². The van der Waals surface area contributed by atoms with Gasteiger partial charge in [-0.2, -0.15) is 13.2 Å². The van der Waals surface area contributed by atoms with Crippen LogP contribution in [-0.2, 0) is 4.79 Å². The van der Waals surface area contributed by atoms with Gasteiger partial charge in [0, 0.05) is 12.0 Å². The Bertz CT molecular complexity index is 514. The molecule has 0 saturated carbocycles. The quantitative estimate of drug-likeness (QED) is 0.744. The summed E-state index contributed by atoms with van der Waals surface area (Å²) in [5.74, 6) is -4.35. The number of halogens is 5. The first kappa shape index (κ1) is 16.9. The summed E-state index contributed by atoms with van der Waals surface area (Å²) in [7, 11) is 1.29. The molecule has 2 atom stereocenters. The highest BCUT2D eigenvalue weighted by atomic mass is 79.9. The van der Waals surface area contributed by atoms with Crippen LogP contribution in [0.2, 0.25) is 0 Å². The van der Waals surface area contributed by atoms with E-state index in [0.717, 1.165) is 6.07 Å². The highest BCUT2D eigenvalue weighted by Crippen LogP contribution is 2.37. The largest absolute Gasteiger partial charge is 0.496 e. The Labute approximate surface area is 122 Å². The molecule has 2 unspecified atom stereocenters. The highest BCUT2D eigenvalue weighted by molar-refractivity contribution is 9.10. The lowest BCUT2D eigenvalue weighted by Gasteiger charge is -2.22. The van der Waals surface area contributed by atoms with Gasteiger partial charge in [-0.1, -0.05) is 13.8 Å². The molecule has 0 aliphatic carbocycles. The fourth-order valence-corrected chi connectivity index (χ4v) is 2.19. The number of benzene rings is 1. The molecule has 20 heavy (non-hydrogen) atoms. The molecular formula is C13H13BrF4O2. The van der Waals surface area contributed by atoms with E-state index in [1.807, 2.05) is 0 Å². The maximum absolute atomic E-state index is 13.4. The number of methoxy groups -OCH3 is 1. The second-order valence-corrected chi connectivity index (χ2v) is 5.30. The van der Waals surface area contributed by atoms with Gasteiger partial charge in [0.15, 0.2) is 0 Å². The summed E-state index contributed by atoms with van der Waals surface area (Å²) in [6, 6.07) is 2.40. The van der Waals surface area contributed by atoms with E-state index in [2.05, 4.69) is 15.9 Å². The first-order valence-electron chi connectivity index (χ1n) is 5.73. The minimum atomic E-state index is -4.89. The number of Topliss-reactive ketones (excluding diaryl/α,β-unsaturated/α-hetero) is 1. The van der Waals surface area contributed by atoms with E-state index in [1.54, 1.807) is 0 Å². The normalized spacial score (nSPS) is 14.8. The summed E-state index contributed by atoms with van der Waals surface area (Å²) in [5.41, 5.74) is 0.339. The number of carbonyl (C=O) groups is 1. The SMILES string of the molecule is COc1cc(F)c(Br)cc1C(C)C(C)C(=O)C(F)(F)F. The summed E-state index contributed by atoms with van der Waals surface area (Å²) in [6.45, 7) is 2.66. The van der Waals surface area contributed by atoms with Crippen molar-refractivity contribution in [2.75, 3.05) is 7.11 Å². The van der Waals surface area contributed by atoms with E-state index in [0.29, 0.717) is 5.56 Å². The van der Waals surface area contributed by atoms with Crippen LogP contribution in [0.4, 0.5) is 17.6 Å². The van der Waals surface area contributed by atoms with Crippen molar-refractivity contribution in [2.24, 2.45) is 5.92 Å². The molecule has 0 amide bonds. The topological polar surface area (TPSA) is 26.3 Å². The Hall–Kier alpha value is -1.11. The van der Waals surface area contributed by atoms with Crippen LogP contribution in [0, 0.1) is 11.7 Å². The van der Waals surface area contributed by atoms with Gasteiger partial charge < -0.3 is 4.74 Å². The molecule has 0 aliphatic rings. The summed E-state index contributed by atoms with van der Waals surface area (Å²) >= 11 is 2.97. The molecule has 112 valence electrons. The van der Waals surface area contributed by atoms with Gasteiger partial charge in [0.25, 0.3) is 0 Å². The number of hydrogen-bond acceptors (Lipinski definition) is 2. The zero-order valence-electron chi connectivity index (χ0n) is 11.0. The Kier molecular flexibility index (Phi) is 5.18. The Balaban J connectivity index is 3.18. The number of ether oxygens (including phenoxy) is 1. The second kappa shape index (κ2) is 6.11. The summed E-state index contributed by atoms with van der Waals surface area (Å²) in [6.07, 6.45) is -4.89. The molecule has 0 radical (unpaired) electrons. The van der Waals surface area contributed by atoms with Crippen molar-refractivity contribution in [1.82, 2.24) is 0 Å². The summed E-state index contributed by atoms with van der Waals surface area (Å²) < 4.78 is 55.8. The third kappa shape index (κ3) is 3.50. The number of hydrogen-bond donors (Lipinski definition) is 0. The zero-order chi connectivity index (χ0) is 15.7. The molecule has 1 aromatic rings. The minimum Gasteiger partial charge on any atom is -0.496 e. The van der Waals surface area contributed by atoms with Gasteiger partial charge in [0.2, 0.25) is 5.78 Å².